The third kappa shape index (κ3) is 3.65. The molecule has 9 heteroatoms. The van der Waals surface area contributed by atoms with Gasteiger partial charge in [-0.05, 0) is 58.1 Å². The lowest BCUT2D eigenvalue weighted by Crippen LogP contribution is -2.36. The third-order valence-corrected chi connectivity index (χ3v) is 5.14. The number of ether oxygens (including phenoxy) is 1. The molecule has 0 saturated carbocycles. The highest BCUT2D eigenvalue weighted by Gasteiger charge is 2.25. The van der Waals surface area contributed by atoms with Crippen LogP contribution < -0.4 is 20.4 Å². The van der Waals surface area contributed by atoms with Crippen LogP contribution in [-0.4, -0.2) is 29.0 Å². The molecule has 4 rings (SSSR count). The van der Waals surface area contributed by atoms with Gasteiger partial charge < -0.3 is 15.0 Å². The topological polar surface area (TPSA) is 104 Å². The highest BCUT2D eigenvalue weighted by molar-refractivity contribution is 7.99. The average molecular weight is 397 g/mol. The summed E-state index contributed by atoms with van der Waals surface area (Å²) in [5, 5.41) is 6.68. The largest absolute Gasteiger partial charge is 0.497 e. The summed E-state index contributed by atoms with van der Waals surface area (Å²) < 4.78 is 11.5. The van der Waals surface area contributed by atoms with E-state index in [4.69, 9.17) is 9.26 Å². The fourth-order valence-corrected chi connectivity index (χ4v) is 3.52. The highest BCUT2D eigenvalue weighted by Crippen LogP contribution is 2.19. The van der Waals surface area contributed by atoms with E-state index in [-0.39, 0.29) is 16.7 Å². The second-order valence-corrected chi connectivity index (χ2v) is 6.90. The number of aromatic amines is 2. The smallest absolute Gasteiger partial charge is 0.442 e. The molecule has 28 heavy (non-hydrogen) atoms. The van der Waals surface area contributed by atoms with E-state index < -0.39 is 5.63 Å². The number of nitrogens with one attached hydrogen (secondary N) is 3. The van der Waals surface area contributed by atoms with Crippen LogP contribution in [0.1, 0.15) is 0 Å². The molecule has 0 aliphatic rings. The van der Waals surface area contributed by atoms with Crippen molar-refractivity contribution in [2.45, 2.75) is 5.03 Å². The zero-order valence-electron chi connectivity index (χ0n) is 14.9. The van der Waals surface area contributed by atoms with Gasteiger partial charge in [0.1, 0.15) is 5.75 Å². The number of benzene rings is 2. The lowest BCUT2D eigenvalue weighted by atomic mass is 10.2. The van der Waals surface area contributed by atoms with Crippen molar-refractivity contribution in [1.29, 1.82) is 0 Å². The summed E-state index contributed by atoms with van der Waals surface area (Å²) in [7, 11) is 1.58. The Morgan fingerprint density at radius 3 is 2.82 bits per heavy atom. The number of rotatable bonds is 6. The maximum atomic E-state index is 12.3. The zero-order valence-corrected chi connectivity index (χ0v) is 15.7. The summed E-state index contributed by atoms with van der Waals surface area (Å²) in [4.78, 5) is 27.4. The van der Waals surface area contributed by atoms with Gasteiger partial charge in [-0.1, -0.05) is 0 Å². The standard InChI is InChI=1S/C19H16N4O4S/c1-26-15-5-3-14(4-6-15)23-18(19(25)27-22-23)28-11-17(24)21-13-2-7-16-12(10-13)8-9-20-16/h2-10,22,25H,11H2,1H3/p+1. The minimum absolute atomic E-state index is 0.0595. The van der Waals surface area contributed by atoms with Crippen molar-refractivity contribution in [2.24, 2.45) is 0 Å². The molecular weight excluding hydrogens is 380 g/mol. The van der Waals surface area contributed by atoms with E-state index in [1.54, 1.807) is 31.4 Å². The molecular formula is C19H17N4O4S+. The number of nitrogens with zero attached hydrogens (tertiary/aromatic N) is 1. The second-order valence-electron chi connectivity index (χ2n) is 5.94. The predicted octanol–water partition coefficient (Wildman–Crippen LogP) is 2.47. The number of hydrogen-bond donors (Lipinski definition) is 3. The molecule has 0 aliphatic heterocycles. The van der Waals surface area contributed by atoms with Crippen molar-refractivity contribution in [3.05, 3.63) is 65.1 Å². The number of aromatic nitrogens is 3. The molecule has 0 fully saturated rings. The van der Waals surface area contributed by atoms with Crippen molar-refractivity contribution in [2.75, 3.05) is 18.2 Å². The van der Waals surface area contributed by atoms with Gasteiger partial charge in [-0.3, -0.25) is 9.32 Å². The lowest BCUT2D eigenvalue weighted by Gasteiger charge is -2.04. The molecule has 2 aromatic heterocycles. The van der Waals surface area contributed by atoms with Gasteiger partial charge in [-0.15, -0.1) is 0 Å². The van der Waals surface area contributed by atoms with Gasteiger partial charge in [0.25, 0.3) is 0 Å². The summed E-state index contributed by atoms with van der Waals surface area (Å²) in [6.45, 7) is 0. The Balaban J connectivity index is 1.46. The molecule has 142 valence electrons. The molecule has 2 aromatic carbocycles. The third-order valence-electron chi connectivity index (χ3n) is 4.11. The van der Waals surface area contributed by atoms with Crippen LogP contribution in [0, 0.1) is 0 Å². The van der Waals surface area contributed by atoms with Gasteiger partial charge in [0.15, 0.2) is 0 Å². The number of fused-ring (bicyclic) bond motifs is 1. The summed E-state index contributed by atoms with van der Waals surface area (Å²) >= 11 is 1.09. The minimum atomic E-state index is -0.539. The Morgan fingerprint density at radius 1 is 1.21 bits per heavy atom. The molecule has 0 spiro atoms. The number of amides is 1. The fraction of sp³-hybridized carbons (Fsp3) is 0.105. The Morgan fingerprint density at radius 2 is 2.04 bits per heavy atom. The summed E-state index contributed by atoms with van der Waals surface area (Å²) in [5.41, 5.74) is 1.84. The fourth-order valence-electron chi connectivity index (χ4n) is 2.75. The first-order chi connectivity index (χ1) is 13.6. The van der Waals surface area contributed by atoms with Gasteiger partial charge in [-0.25, -0.2) is 4.79 Å². The average Bonchev–Trinajstić information content (AvgIpc) is 3.32. The van der Waals surface area contributed by atoms with Crippen LogP contribution in [0.4, 0.5) is 5.69 Å². The van der Waals surface area contributed by atoms with Gasteiger partial charge in [-0.2, -0.15) is 0 Å². The Kier molecular flexibility index (Phi) is 4.90. The number of thioether (sulfide) groups is 1. The van der Waals surface area contributed by atoms with Crippen molar-refractivity contribution >= 4 is 34.3 Å². The quantitative estimate of drug-likeness (QED) is 0.343. The van der Waals surface area contributed by atoms with E-state index >= 15 is 0 Å². The SMILES string of the molecule is COc1ccc(-[n+]2[nH]oc(=O)c2SCC(=O)Nc2ccc3[nH]ccc3c2)cc1. The molecule has 3 N–H and O–H groups in total. The molecule has 8 nitrogen and oxygen atoms in total. The number of methoxy groups -OCH3 is 1. The summed E-state index contributed by atoms with van der Waals surface area (Å²) in [6.07, 6.45) is 1.84. The lowest BCUT2D eigenvalue weighted by molar-refractivity contribution is -0.704. The first-order valence-corrected chi connectivity index (χ1v) is 9.40. The summed E-state index contributed by atoms with van der Waals surface area (Å²) in [5.74, 6) is 0.536. The predicted molar refractivity (Wildman–Crippen MR) is 105 cm³/mol. The van der Waals surface area contributed by atoms with E-state index in [0.29, 0.717) is 17.1 Å². The van der Waals surface area contributed by atoms with E-state index in [1.807, 2.05) is 30.5 Å². The van der Waals surface area contributed by atoms with Gasteiger partial charge in [0, 0.05) is 34.9 Å². The summed E-state index contributed by atoms with van der Waals surface area (Å²) in [6, 6.07) is 14.6. The number of carbonyl (C=O) groups is 1. The molecule has 0 bridgehead atoms. The van der Waals surface area contributed by atoms with E-state index in [2.05, 4.69) is 15.6 Å². The molecule has 0 radical (unpaired) electrons. The van der Waals surface area contributed by atoms with Gasteiger partial charge >= 0.3 is 10.7 Å². The first-order valence-electron chi connectivity index (χ1n) is 8.42. The van der Waals surface area contributed by atoms with Crippen molar-refractivity contribution in [3.63, 3.8) is 0 Å². The molecule has 0 aliphatic carbocycles. The Bertz CT molecular complexity index is 1180. The van der Waals surface area contributed by atoms with Crippen LogP contribution in [0.25, 0.3) is 16.6 Å². The van der Waals surface area contributed by atoms with E-state index in [0.717, 1.165) is 22.7 Å². The molecule has 0 atom stereocenters. The molecule has 1 amide bonds. The number of H-pyrrole nitrogens is 2. The monoisotopic (exact) mass is 397 g/mol. The molecule has 0 unspecified atom stereocenters. The van der Waals surface area contributed by atoms with Gasteiger partial charge in [0.2, 0.25) is 11.6 Å². The maximum absolute atomic E-state index is 12.3. The second kappa shape index (κ2) is 7.65. The van der Waals surface area contributed by atoms with E-state index in [1.165, 1.54) is 4.68 Å². The first kappa shape index (κ1) is 17.9. The highest BCUT2D eigenvalue weighted by atomic mass is 32.2. The molecule has 0 saturated heterocycles. The van der Waals surface area contributed by atoms with Crippen LogP contribution in [0.15, 0.2) is 69.1 Å². The molecule has 4 aromatic rings. The Hall–Kier alpha value is -3.46. The Labute approximate surface area is 163 Å². The zero-order chi connectivity index (χ0) is 19.5. The number of hydrogen-bond acceptors (Lipinski definition) is 5. The van der Waals surface area contributed by atoms with Crippen LogP contribution in [-0.2, 0) is 4.79 Å². The normalized spacial score (nSPS) is 10.9. The van der Waals surface area contributed by atoms with Crippen LogP contribution in [0.2, 0.25) is 0 Å². The molecule has 2 heterocycles. The van der Waals surface area contributed by atoms with Crippen LogP contribution >= 0.6 is 11.8 Å². The van der Waals surface area contributed by atoms with Crippen molar-refractivity contribution in [1.82, 2.24) is 10.3 Å². The van der Waals surface area contributed by atoms with Crippen molar-refractivity contribution < 1.29 is 18.7 Å². The van der Waals surface area contributed by atoms with Crippen LogP contribution in [0.5, 0.6) is 5.75 Å². The van der Waals surface area contributed by atoms with Crippen LogP contribution in [0.3, 0.4) is 0 Å². The minimum Gasteiger partial charge on any atom is -0.497 e. The maximum Gasteiger partial charge on any atom is 0.442 e. The van der Waals surface area contributed by atoms with E-state index in [9.17, 15) is 9.59 Å². The van der Waals surface area contributed by atoms with Crippen molar-refractivity contribution in [3.8, 4) is 11.4 Å². The number of carbonyl (C=O) groups excluding carboxylic acids is 1. The van der Waals surface area contributed by atoms with Gasteiger partial charge in [0.05, 0.1) is 12.9 Å². The number of anilines is 1.